The molecular formula is C12H20F2O2. The van der Waals surface area contributed by atoms with Gasteiger partial charge in [0.2, 0.25) is 0 Å². The standard InChI is InChI=1S/C12H20F2O2/c1-6-7-8(2)9-10(11(3,4)5)16-12(13,14)15-9/h8H,6-7H2,1-5H3. The SMILES string of the molecule is CCCC(C)C1=C(C(C)(C)C)OC(F)(F)O1. The maximum Gasteiger partial charge on any atom is 0.585 e. The van der Waals surface area contributed by atoms with Crippen molar-refractivity contribution in [3.05, 3.63) is 11.5 Å². The minimum absolute atomic E-state index is 0.0346. The second-order valence-electron chi connectivity index (χ2n) is 5.30. The van der Waals surface area contributed by atoms with Gasteiger partial charge < -0.3 is 9.47 Å². The molecule has 1 atom stereocenters. The lowest BCUT2D eigenvalue weighted by molar-refractivity contribution is -0.341. The minimum Gasteiger partial charge on any atom is -0.400 e. The second kappa shape index (κ2) is 4.22. The highest BCUT2D eigenvalue weighted by molar-refractivity contribution is 5.15. The number of hydrogen-bond acceptors (Lipinski definition) is 2. The average Bonchev–Trinajstić information content (AvgIpc) is 2.41. The molecule has 0 saturated heterocycles. The molecule has 1 unspecified atom stereocenters. The highest BCUT2D eigenvalue weighted by Gasteiger charge is 2.49. The Morgan fingerprint density at radius 1 is 1.25 bits per heavy atom. The normalized spacial score (nSPS) is 21.7. The summed E-state index contributed by atoms with van der Waals surface area (Å²) in [6, 6.07) is 0. The molecule has 16 heavy (non-hydrogen) atoms. The quantitative estimate of drug-likeness (QED) is 0.725. The Balaban J connectivity index is 2.98. The zero-order valence-corrected chi connectivity index (χ0v) is 10.6. The van der Waals surface area contributed by atoms with Gasteiger partial charge in [-0.05, 0) is 6.42 Å². The zero-order valence-electron chi connectivity index (χ0n) is 10.6. The van der Waals surface area contributed by atoms with Crippen LogP contribution in [0.3, 0.4) is 0 Å². The van der Waals surface area contributed by atoms with E-state index in [1.54, 1.807) is 0 Å². The van der Waals surface area contributed by atoms with Crippen LogP contribution < -0.4 is 0 Å². The minimum atomic E-state index is -3.50. The van der Waals surface area contributed by atoms with E-state index >= 15 is 0 Å². The largest absolute Gasteiger partial charge is 0.585 e. The third-order valence-corrected chi connectivity index (χ3v) is 2.52. The second-order valence-corrected chi connectivity index (χ2v) is 5.30. The Hall–Kier alpha value is -0.800. The van der Waals surface area contributed by atoms with Crippen molar-refractivity contribution in [2.24, 2.45) is 11.3 Å². The van der Waals surface area contributed by atoms with E-state index in [1.165, 1.54) is 0 Å². The summed E-state index contributed by atoms with van der Waals surface area (Å²) in [6.07, 6.45) is -1.76. The fourth-order valence-corrected chi connectivity index (χ4v) is 1.78. The van der Waals surface area contributed by atoms with E-state index in [-0.39, 0.29) is 11.7 Å². The van der Waals surface area contributed by atoms with Crippen LogP contribution in [-0.2, 0) is 9.47 Å². The molecule has 1 heterocycles. The third-order valence-electron chi connectivity index (χ3n) is 2.52. The monoisotopic (exact) mass is 234 g/mol. The molecule has 0 N–H and O–H groups in total. The zero-order chi connectivity index (χ0) is 12.6. The van der Waals surface area contributed by atoms with Crippen molar-refractivity contribution >= 4 is 0 Å². The van der Waals surface area contributed by atoms with Gasteiger partial charge in [0.25, 0.3) is 0 Å². The molecular weight excluding hydrogens is 214 g/mol. The lowest BCUT2D eigenvalue weighted by Gasteiger charge is -2.20. The van der Waals surface area contributed by atoms with Crippen LogP contribution in [0.25, 0.3) is 0 Å². The molecule has 4 heteroatoms. The number of hydrogen-bond donors (Lipinski definition) is 0. The first-order valence-electron chi connectivity index (χ1n) is 5.68. The fourth-order valence-electron chi connectivity index (χ4n) is 1.78. The molecule has 94 valence electrons. The molecule has 0 bridgehead atoms. The maximum absolute atomic E-state index is 13.1. The number of alkyl halides is 2. The van der Waals surface area contributed by atoms with Crippen LogP contribution in [0, 0.1) is 11.3 Å². The molecule has 0 amide bonds. The smallest absolute Gasteiger partial charge is 0.400 e. The Kier molecular flexibility index (Phi) is 3.50. The summed E-state index contributed by atoms with van der Waals surface area (Å²) < 4.78 is 35.4. The average molecular weight is 234 g/mol. The van der Waals surface area contributed by atoms with Crippen LogP contribution in [-0.4, -0.2) is 6.29 Å². The molecule has 0 spiro atoms. The van der Waals surface area contributed by atoms with Gasteiger partial charge in [-0.3, -0.25) is 0 Å². The first-order valence-corrected chi connectivity index (χ1v) is 5.68. The predicted octanol–water partition coefficient (Wildman–Crippen LogP) is 4.28. The van der Waals surface area contributed by atoms with E-state index in [2.05, 4.69) is 9.47 Å². The first kappa shape index (κ1) is 13.3. The predicted molar refractivity (Wildman–Crippen MR) is 57.7 cm³/mol. The van der Waals surface area contributed by atoms with Crippen molar-refractivity contribution in [3.63, 3.8) is 0 Å². The third kappa shape index (κ3) is 2.86. The van der Waals surface area contributed by atoms with Crippen molar-refractivity contribution in [1.82, 2.24) is 0 Å². The van der Waals surface area contributed by atoms with Gasteiger partial charge in [-0.2, -0.15) is 0 Å². The van der Waals surface area contributed by atoms with Crippen molar-refractivity contribution in [2.45, 2.75) is 53.8 Å². The summed E-state index contributed by atoms with van der Waals surface area (Å²) in [5.41, 5.74) is -0.461. The molecule has 0 aromatic carbocycles. The number of allylic oxidation sites excluding steroid dienone is 2. The molecule has 1 aliphatic heterocycles. The van der Waals surface area contributed by atoms with Crippen LogP contribution in [0.4, 0.5) is 8.78 Å². The Morgan fingerprint density at radius 3 is 2.25 bits per heavy atom. The lowest BCUT2D eigenvalue weighted by Crippen LogP contribution is -2.19. The fraction of sp³-hybridized carbons (Fsp3) is 0.833. The first-order chi connectivity index (χ1) is 7.17. The molecule has 0 aliphatic carbocycles. The van der Waals surface area contributed by atoms with E-state index in [0.29, 0.717) is 5.76 Å². The maximum atomic E-state index is 13.1. The molecule has 0 fully saturated rings. The van der Waals surface area contributed by atoms with Gasteiger partial charge >= 0.3 is 6.29 Å². The summed E-state index contributed by atoms with van der Waals surface area (Å²) in [4.78, 5) is 0. The Morgan fingerprint density at radius 2 is 1.81 bits per heavy atom. The van der Waals surface area contributed by atoms with E-state index < -0.39 is 11.7 Å². The lowest BCUT2D eigenvalue weighted by atomic mass is 9.89. The Bertz CT molecular complexity index is 290. The van der Waals surface area contributed by atoms with Crippen LogP contribution in [0.2, 0.25) is 0 Å². The van der Waals surface area contributed by atoms with Crippen LogP contribution in [0.1, 0.15) is 47.5 Å². The van der Waals surface area contributed by atoms with E-state index in [0.717, 1.165) is 12.8 Å². The molecule has 1 rings (SSSR count). The van der Waals surface area contributed by atoms with Crippen LogP contribution in [0.15, 0.2) is 11.5 Å². The summed E-state index contributed by atoms with van der Waals surface area (Å²) >= 11 is 0. The van der Waals surface area contributed by atoms with Gasteiger partial charge in [0.15, 0.2) is 5.76 Å². The summed E-state index contributed by atoms with van der Waals surface area (Å²) in [7, 11) is 0. The molecule has 0 aromatic rings. The van der Waals surface area contributed by atoms with Gasteiger partial charge in [0.1, 0.15) is 5.76 Å². The van der Waals surface area contributed by atoms with Gasteiger partial charge in [-0.1, -0.05) is 41.0 Å². The van der Waals surface area contributed by atoms with Gasteiger partial charge in [0.05, 0.1) is 0 Å². The Labute approximate surface area is 95.6 Å². The number of ether oxygens (including phenoxy) is 2. The van der Waals surface area contributed by atoms with Crippen LogP contribution in [0.5, 0.6) is 0 Å². The van der Waals surface area contributed by atoms with Crippen molar-refractivity contribution < 1.29 is 18.3 Å². The highest BCUT2D eigenvalue weighted by Crippen LogP contribution is 2.45. The molecule has 0 saturated carbocycles. The van der Waals surface area contributed by atoms with Gasteiger partial charge in [-0.15, -0.1) is 8.78 Å². The van der Waals surface area contributed by atoms with Gasteiger partial charge in [0, 0.05) is 11.3 Å². The number of halogens is 2. The highest BCUT2D eigenvalue weighted by atomic mass is 19.3. The van der Waals surface area contributed by atoms with Crippen molar-refractivity contribution in [1.29, 1.82) is 0 Å². The van der Waals surface area contributed by atoms with Crippen molar-refractivity contribution in [3.8, 4) is 0 Å². The number of rotatable bonds is 3. The molecule has 2 nitrogen and oxygen atoms in total. The van der Waals surface area contributed by atoms with E-state index in [4.69, 9.17) is 0 Å². The topological polar surface area (TPSA) is 18.5 Å². The molecule has 0 radical (unpaired) electrons. The summed E-state index contributed by atoms with van der Waals surface area (Å²) in [5.74, 6) is 0.547. The molecule has 1 aliphatic rings. The summed E-state index contributed by atoms with van der Waals surface area (Å²) in [6.45, 7) is 9.42. The summed E-state index contributed by atoms with van der Waals surface area (Å²) in [5, 5.41) is 0. The molecule has 0 aromatic heterocycles. The van der Waals surface area contributed by atoms with Gasteiger partial charge in [-0.25, -0.2) is 0 Å². The van der Waals surface area contributed by atoms with Crippen LogP contribution >= 0.6 is 0 Å². The van der Waals surface area contributed by atoms with Crippen molar-refractivity contribution in [2.75, 3.05) is 0 Å². The van der Waals surface area contributed by atoms with E-state index in [1.807, 2.05) is 34.6 Å². The van der Waals surface area contributed by atoms with E-state index in [9.17, 15) is 8.78 Å².